The number of hydrogen-bond donors (Lipinski definition) is 0. The van der Waals surface area contributed by atoms with Gasteiger partial charge in [-0.2, -0.15) is 5.10 Å². The fourth-order valence-corrected chi connectivity index (χ4v) is 2.40. The molecule has 0 aromatic carbocycles. The Hall–Kier alpha value is -2.37. The predicted octanol–water partition coefficient (Wildman–Crippen LogP) is 1.27. The van der Waals surface area contributed by atoms with Gasteiger partial charge in [0.2, 0.25) is 11.8 Å². The zero-order valence-corrected chi connectivity index (χ0v) is 12.0. The highest BCUT2D eigenvalue weighted by Crippen LogP contribution is 2.16. The van der Waals surface area contributed by atoms with Crippen LogP contribution in [0.15, 0.2) is 36.7 Å². The summed E-state index contributed by atoms with van der Waals surface area (Å²) in [7, 11) is 0. The molecule has 6 heteroatoms. The number of ether oxygens (including phenoxy) is 1. The van der Waals surface area contributed by atoms with Gasteiger partial charge in [0.1, 0.15) is 12.6 Å². The van der Waals surface area contributed by atoms with Crippen LogP contribution in [0, 0.1) is 6.92 Å². The number of carbonyl (C=O) groups is 1. The molecular formula is C15H18N4O2. The molecule has 0 unspecified atom stereocenters. The fraction of sp³-hybridized carbons (Fsp3) is 0.400. The first-order chi connectivity index (χ1) is 10.2. The number of nitrogens with zero attached hydrogens (tertiary/aromatic N) is 4. The number of aromatic nitrogens is 3. The molecule has 0 bridgehead atoms. The van der Waals surface area contributed by atoms with Gasteiger partial charge < -0.3 is 14.2 Å². The Bertz CT molecular complexity index is 595. The molecule has 1 aliphatic heterocycles. The van der Waals surface area contributed by atoms with E-state index in [1.165, 1.54) is 0 Å². The maximum atomic E-state index is 12.2. The van der Waals surface area contributed by atoms with Gasteiger partial charge in [0.05, 0.1) is 12.2 Å². The standard InChI is InChI=1S/C15H18N4O2/c1-12-4-5-14(17-16-12)21-13-6-9-19(10-13)15(20)11-18-7-2-3-8-18/h2-5,7-8,13H,6,9-11H2,1H3/t13-/m1/s1. The number of aryl methyl sites for hydroxylation is 1. The van der Waals surface area contributed by atoms with Crippen molar-refractivity contribution in [2.45, 2.75) is 26.0 Å². The van der Waals surface area contributed by atoms with Crippen LogP contribution in [0.25, 0.3) is 0 Å². The zero-order valence-electron chi connectivity index (χ0n) is 12.0. The van der Waals surface area contributed by atoms with Crippen molar-refractivity contribution >= 4 is 5.91 Å². The average molecular weight is 286 g/mol. The van der Waals surface area contributed by atoms with Crippen LogP contribution in [0.3, 0.4) is 0 Å². The smallest absolute Gasteiger partial charge is 0.242 e. The van der Waals surface area contributed by atoms with E-state index < -0.39 is 0 Å². The third-order valence-corrected chi connectivity index (χ3v) is 3.54. The molecule has 0 N–H and O–H groups in total. The van der Waals surface area contributed by atoms with E-state index in [1.807, 2.05) is 53.0 Å². The number of carbonyl (C=O) groups excluding carboxylic acids is 1. The van der Waals surface area contributed by atoms with Gasteiger partial charge in [-0.25, -0.2) is 0 Å². The Morgan fingerprint density at radius 3 is 2.86 bits per heavy atom. The van der Waals surface area contributed by atoms with E-state index in [-0.39, 0.29) is 12.0 Å². The Kier molecular flexibility index (Phi) is 3.85. The first-order valence-corrected chi connectivity index (χ1v) is 7.06. The molecule has 110 valence electrons. The van der Waals surface area contributed by atoms with Crippen LogP contribution in [-0.2, 0) is 11.3 Å². The first kappa shape index (κ1) is 13.6. The second-order valence-corrected chi connectivity index (χ2v) is 5.24. The predicted molar refractivity (Wildman–Crippen MR) is 76.8 cm³/mol. The first-order valence-electron chi connectivity index (χ1n) is 7.06. The van der Waals surface area contributed by atoms with Crippen molar-refractivity contribution in [2.24, 2.45) is 0 Å². The summed E-state index contributed by atoms with van der Waals surface area (Å²) in [6.07, 6.45) is 4.61. The molecule has 1 atom stereocenters. The van der Waals surface area contributed by atoms with E-state index in [0.717, 1.165) is 18.7 Å². The summed E-state index contributed by atoms with van der Waals surface area (Å²) >= 11 is 0. The highest BCUT2D eigenvalue weighted by molar-refractivity contribution is 5.76. The van der Waals surface area contributed by atoms with Gasteiger partial charge in [-0.05, 0) is 25.1 Å². The van der Waals surface area contributed by atoms with Gasteiger partial charge in [0.25, 0.3) is 0 Å². The summed E-state index contributed by atoms with van der Waals surface area (Å²) in [5, 5.41) is 7.96. The summed E-state index contributed by atoms with van der Waals surface area (Å²) in [4.78, 5) is 14.0. The topological polar surface area (TPSA) is 60.2 Å². The van der Waals surface area contributed by atoms with Crippen molar-refractivity contribution in [3.63, 3.8) is 0 Å². The van der Waals surface area contributed by atoms with Crippen molar-refractivity contribution in [3.8, 4) is 5.88 Å². The molecule has 1 fully saturated rings. The second kappa shape index (κ2) is 5.95. The quantitative estimate of drug-likeness (QED) is 0.849. The molecule has 2 aromatic rings. The van der Waals surface area contributed by atoms with Gasteiger partial charge in [-0.3, -0.25) is 4.79 Å². The van der Waals surface area contributed by atoms with Gasteiger partial charge >= 0.3 is 0 Å². The molecule has 0 spiro atoms. The van der Waals surface area contributed by atoms with Gasteiger partial charge in [0, 0.05) is 31.4 Å². The summed E-state index contributed by atoms with van der Waals surface area (Å²) in [5.41, 5.74) is 0.859. The lowest BCUT2D eigenvalue weighted by atomic mass is 10.3. The van der Waals surface area contributed by atoms with E-state index >= 15 is 0 Å². The van der Waals surface area contributed by atoms with Gasteiger partial charge in [-0.15, -0.1) is 5.10 Å². The van der Waals surface area contributed by atoms with Crippen LogP contribution >= 0.6 is 0 Å². The average Bonchev–Trinajstić information content (AvgIpc) is 3.13. The van der Waals surface area contributed by atoms with E-state index in [1.54, 1.807) is 0 Å². The molecule has 3 heterocycles. The molecule has 1 amide bonds. The second-order valence-electron chi connectivity index (χ2n) is 5.24. The van der Waals surface area contributed by atoms with Crippen LogP contribution in [-0.4, -0.2) is 44.8 Å². The Labute approximate surface area is 123 Å². The van der Waals surface area contributed by atoms with Crippen LogP contribution in [0.5, 0.6) is 5.88 Å². The highest BCUT2D eigenvalue weighted by atomic mass is 16.5. The largest absolute Gasteiger partial charge is 0.471 e. The molecule has 6 nitrogen and oxygen atoms in total. The monoisotopic (exact) mass is 286 g/mol. The zero-order chi connectivity index (χ0) is 14.7. The molecule has 21 heavy (non-hydrogen) atoms. The molecule has 0 saturated carbocycles. The van der Waals surface area contributed by atoms with Crippen LogP contribution < -0.4 is 4.74 Å². The van der Waals surface area contributed by atoms with Crippen molar-refractivity contribution in [1.29, 1.82) is 0 Å². The van der Waals surface area contributed by atoms with Crippen molar-refractivity contribution in [2.75, 3.05) is 13.1 Å². The molecule has 1 saturated heterocycles. The molecular weight excluding hydrogens is 268 g/mol. The van der Waals surface area contributed by atoms with E-state index in [9.17, 15) is 4.79 Å². The van der Waals surface area contributed by atoms with E-state index in [2.05, 4.69) is 10.2 Å². The summed E-state index contributed by atoms with van der Waals surface area (Å²) in [5.74, 6) is 0.637. The molecule has 1 aliphatic rings. The third kappa shape index (κ3) is 3.39. The normalized spacial score (nSPS) is 18.0. The number of amides is 1. The lowest BCUT2D eigenvalue weighted by Crippen LogP contribution is -2.33. The van der Waals surface area contributed by atoms with Crippen LogP contribution in [0.2, 0.25) is 0 Å². The SMILES string of the molecule is Cc1ccc(O[C@@H]2CCN(C(=O)Cn3cccc3)C2)nn1. The summed E-state index contributed by atoms with van der Waals surface area (Å²) in [6.45, 7) is 3.60. The van der Waals surface area contributed by atoms with E-state index in [4.69, 9.17) is 4.74 Å². The van der Waals surface area contributed by atoms with Crippen molar-refractivity contribution < 1.29 is 9.53 Å². The lowest BCUT2D eigenvalue weighted by Gasteiger charge is -2.17. The molecule has 2 aromatic heterocycles. The lowest BCUT2D eigenvalue weighted by molar-refractivity contribution is -0.131. The molecule has 3 rings (SSSR count). The molecule has 0 radical (unpaired) electrons. The molecule has 0 aliphatic carbocycles. The van der Waals surface area contributed by atoms with Crippen molar-refractivity contribution in [1.82, 2.24) is 19.7 Å². The highest BCUT2D eigenvalue weighted by Gasteiger charge is 2.27. The maximum absolute atomic E-state index is 12.2. The minimum atomic E-state index is -0.00406. The minimum absolute atomic E-state index is 0.00406. The van der Waals surface area contributed by atoms with Gasteiger partial charge in [-0.1, -0.05) is 0 Å². The number of rotatable bonds is 4. The maximum Gasteiger partial charge on any atom is 0.242 e. The number of likely N-dealkylation sites (tertiary alicyclic amines) is 1. The van der Waals surface area contributed by atoms with E-state index in [0.29, 0.717) is 19.0 Å². The van der Waals surface area contributed by atoms with Crippen LogP contribution in [0.4, 0.5) is 0 Å². The van der Waals surface area contributed by atoms with Gasteiger partial charge in [0.15, 0.2) is 0 Å². The Morgan fingerprint density at radius 2 is 2.14 bits per heavy atom. The summed E-state index contributed by atoms with van der Waals surface area (Å²) in [6, 6.07) is 7.51. The fourth-order valence-electron chi connectivity index (χ4n) is 2.40. The van der Waals surface area contributed by atoms with Crippen molar-refractivity contribution in [3.05, 3.63) is 42.4 Å². The summed E-state index contributed by atoms with van der Waals surface area (Å²) < 4.78 is 7.65. The third-order valence-electron chi connectivity index (χ3n) is 3.54. The Balaban J connectivity index is 1.53. The number of hydrogen-bond acceptors (Lipinski definition) is 4. The van der Waals surface area contributed by atoms with Crippen LogP contribution in [0.1, 0.15) is 12.1 Å². The minimum Gasteiger partial charge on any atom is -0.471 e. The Morgan fingerprint density at radius 1 is 1.33 bits per heavy atom.